The lowest BCUT2D eigenvalue weighted by Crippen LogP contribution is -2.42. The van der Waals surface area contributed by atoms with Gasteiger partial charge < -0.3 is 15.2 Å². The lowest BCUT2D eigenvalue weighted by Gasteiger charge is -2.19. The number of hydrogen-bond donors (Lipinski definition) is 2. The van der Waals surface area contributed by atoms with Gasteiger partial charge in [-0.2, -0.15) is 0 Å². The molecule has 0 aliphatic heterocycles. The van der Waals surface area contributed by atoms with E-state index in [1.54, 1.807) is 37.4 Å². The normalized spacial score (nSPS) is 12.3. The molecule has 2 N–H and O–H groups in total. The van der Waals surface area contributed by atoms with Crippen molar-refractivity contribution in [1.29, 1.82) is 0 Å². The van der Waals surface area contributed by atoms with Gasteiger partial charge >= 0.3 is 5.97 Å². The van der Waals surface area contributed by atoms with Crippen molar-refractivity contribution in [3.63, 3.8) is 0 Å². The van der Waals surface area contributed by atoms with E-state index in [1.165, 1.54) is 0 Å². The van der Waals surface area contributed by atoms with Crippen molar-refractivity contribution in [3.05, 3.63) is 65.2 Å². The highest BCUT2D eigenvalue weighted by Gasteiger charge is 2.22. The predicted octanol–water partition coefficient (Wildman–Crippen LogP) is 3.42. The summed E-state index contributed by atoms with van der Waals surface area (Å²) in [7, 11) is 1.55. The largest absolute Gasteiger partial charge is 0.497 e. The molecule has 0 saturated heterocycles. The van der Waals surface area contributed by atoms with E-state index in [1.807, 2.05) is 18.2 Å². The van der Waals surface area contributed by atoms with Gasteiger partial charge in [-0.1, -0.05) is 45.0 Å². The molecule has 1 atom stereocenters. The van der Waals surface area contributed by atoms with Crippen molar-refractivity contribution in [2.75, 3.05) is 7.11 Å². The number of amides is 1. The highest BCUT2D eigenvalue weighted by molar-refractivity contribution is 5.96. The Bertz CT molecular complexity index is 775. The topological polar surface area (TPSA) is 75.6 Å². The minimum Gasteiger partial charge on any atom is -0.497 e. The highest BCUT2D eigenvalue weighted by Crippen LogP contribution is 2.22. The van der Waals surface area contributed by atoms with Crippen molar-refractivity contribution in [1.82, 2.24) is 5.32 Å². The van der Waals surface area contributed by atoms with Gasteiger partial charge in [0.25, 0.3) is 5.91 Å². The monoisotopic (exact) mass is 355 g/mol. The Hall–Kier alpha value is -2.82. The minimum atomic E-state index is -1.08. The molecule has 0 fully saturated rings. The van der Waals surface area contributed by atoms with E-state index in [0.717, 1.165) is 11.1 Å². The van der Waals surface area contributed by atoms with Gasteiger partial charge in [0.05, 0.1) is 7.11 Å². The maximum absolute atomic E-state index is 12.4. The van der Waals surface area contributed by atoms with Crippen LogP contribution in [0.4, 0.5) is 0 Å². The van der Waals surface area contributed by atoms with Gasteiger partial charge in [-0.3, -0.25) is 4.79 Å². The first-order valence-corrected chi connectivity index (χ1v) is 8.48. The van der Waals surface area contributed by atoms with Gasteiger partial charge in [-0.15, -0.1) is 0 Å². The van der Waals surface area contributed by atoms with Crippen LogP contribution in [0.5, 0.6) is 5.75 Å². The van der Waals surface area contributed by atoms with Crippen LogP contribution in [0.3, 0.4) is 0 Å². The lowest BCUT2D eigenvalue weighted by molar-refractivity contribution is -0.139. The molecule has 0 aromatic heterocycles. The number of rotatable bonds is 6. The summed E-state index contributed by atoms with van der Waals surface area (Å²) in [6.45, 7) is 6.28. The average Bonchev–Trinajstić information content (AvgIpc) is 2.60. The van der Waals surface area contributed by atoms with Gasteiger partial charge in [0.1, 0.15) is 11.8 Å². The Kier molecular flexibility index (Phi) is 6.03. The maximum Gasteiger partial charge on any atom is 0.326 e. The van der Waals surface area contributed by atoms with E-state index in [2.05, 4.69) is 26.1 Å². The number of hydrogen-bond acceptors (Lipinski definition) is 3. The molecule has 0 spiro atoms. The number of carbonyl (C=O) groups is 2. The first-order valence-electron chi connectivity index (χ1n) is 8.48. The van der Waals surface area contributed by atoms with Crippen LogP contribution < -0.4 is 10.1 Å². The molecule has 5 heteroatoms. The van der Waals surface area contributed by atoms with Crippen LogP contribution in [0.1, 0.15) is 42.3 Å². The Balaban J connectivity index is 2.11. The molecular weight excluding hydrogens is 330 g/mol. The summed E-state index contributed by atoms with van der Waals surface area (Å²) in [4.78, 5) is 24.0. The number of methoxy groups -OCH3 is 1. The number of ether oxygens (including phenoxy) is 1. The van der Waals surface area contributed by atoms with Gasteiger partial charge in [-0.05, 0) is 40.8 Å². The Labute approximate surface area is 154 Å². The molecule has 2 aromatic rings. The summed E-state index contributed by atoms with van der Waals surface area (Å²) in [6, 6.07) is 13.4. The molecular formula is C21H25NO4. The molecule has 138 valence electrons. The van der Waals surface area contributed by atoms with E-state index in [9.17, 15) is 14.7 Å². The predicted molar refractivity (Wildman–Crippen MR) is 101 cm³/mol. The molecule has 26 heavy (non-hydrogen) atoms. The Morgan fingerprint density at radius 1 is 1.12 bits per heavy atom. The van der Waals surface area contributed by atoms with Crippen LogP contribution in [0.25, 0.3) is 0 Å². The van der Waals surface area contributed by atoms with Crippen molar-refractivity contribution < 1.29 is 19.4 Å². The molecule has 2 aromatic carbocycles. The van der Waals surface area contributed by atoms with Gasteiger partial charge in [0.15, 0.2) is 0 Å². The fraction of sp³-hybridized carbons (Fsp3) is 0.333. The van der Waals surface area contributed by atoms with E-state index in [-0.39, 0.29) is 11.8 Å². The van der Waals surface area contributed by atoms with Crippen molar-refractivity contribution in [3.8, 4) is 5.75 Å². The third-order valence-corrected chi connectivity index (χ3v) is 4.19. The average molecular weight is 355 g/mol. The van der Waals surface area contributed by atoms with Crippen molar-refractivity contribution in [2.45, 2.75) is 38.6 Å². The first kappa shape index (κ1) is 19.5. The van der Waals surface area contributed by atoms with Crippen LogP contribution in [0, 0.1) is 0 Å². The molecule has 0 aliphatic carbocycles. The molecule has 2 rings (SSSR count). The number of carbonyl (C=O) groups excluding carboxylic acids is 1. The van der Waals surface area contributed by atoms with E-state index in [0.29, 0.717) is 11.3 Å². The molecule has 0 bridgehead atoms. The Morgan fingerprint density at radius 3 is 2.31 bits per heavy atom. The van der Waals surface area contributed by atoms with Gasteiger partial charge in [0.2, 0.25) is 0 Å². The molecule has 0 heterocycles. The molecule has 0 saturated carbocycles. The molecule has 5 nitrogen and oxygen atoms in total. The van der Waals surface area contributed by atoms with E-state index < -0.39 is 17.9 Å². The fourth-order valence-electron chi connectivity index (χ4n) is 2.60. The molecule has 0 unspecified atom stereocenters. The second kappa shape index (κ2) is 8.04. The summed E-state index contributed by atoms with van der Waals surface area (Å²) in [6.07, 6.45) is 0.179. The summed E-state index contributed by atoms with van der Waals surface area (Å²) in [5.41, 5.74) is 2.32. The van der Waals surface area contributed by atoms with Crippen LogP contribution in [0.2, 0.25) is 0 Å². The lowest BCUT2D eigenvalue weighted by atomic mass is 9.86. The number of benzene rings is 2. The van der Waals surface area contributed by atoms with Crippen molar-refractivity contribution >= 4 is 11.9 Å². The zero-order chi connectivity index (χ0) is 19.3. The second-order valence-corrected chi connectivity index (χ2v) is 7.25. The maximum atomic E-state index is 12.4. The van der Waals surface area contributed by atoms with Crippen LogP contribution in [-0.4, -0.2) is 30.1 Å². The SMILES string of the molecule is COc1cccc(C[C@@H](NC(=O)c2ccc(C(C)(C)C)cc2)C(=O)O)c1. The van der Waals surface area contributed by atoms with Crippen LogP contribution in [-0.2, 0) is 16.6 Å². The van der Waals surface area contributed by atoms with Crippen molar-refractivity contribution in [2.24, 2.45) is 0 Å². The number of carboxylic acids is 1. The van der Waals surface area contributed by atoms with Crippen LogP contribution in [0.15, 0.2) is 48.5 Å². The summed E-state index contributed by atoms with van der Waals surface area (Å²) in [5, 5.41) is 12.1. The quantitative estimate of drug-likeness (QED) is 0.832. The third-order valence-electron chi connectivity index (χ3n) is 4.19. The third kappa shape index (κ3) is 5.09. The van der Waals surface area contributed by atoms with Gasteiger partial charge in [-0.25, -0.2) is 4.79 Å². The van der Waals surface area contributed by atoms with E-state index in [4.69, 9.17) is 4.74 Å². The minimum absolute atomic E-state index is 0.00896. The zero-order valence-electron chi connectivity index (χ0n) is 15.6. The highest BCUT2D eigenvalue weighted by atomic mass is 16.5. The van der Waals surface area contributed by atoms with Gasteiger partial charge in [0, 0.05) is 12.0 Å². The first-order chi connectivity index (χ1) is 12.2. The summed E-state index contributed by atoms with van der Waals surface area (Å²) >= 11 is 0. The number of aliphatic carboxylic acids is 1. The summed E-state index contributed by atoms with van der Waals surface area (Å²) in [5.74, 6) is -0.830. The smallest absolute Gasteiger partial charge is 0.326 e. The standard InChI is InChI=1S/C21H25NO4/c1-21(2,3)16-10-8-15(9-11-16)19(23)22-18(20(24)25)13-14-6-5-7-17(12-14)26-4/h5-12,18H,13H2,1-4H3,(H,22,23)(H,24,25)/t18-/m1/s1. The Morgan fingerprint density at radius 2 is 1.77 bits per heavy atom. The fourth-order valence-corrected chi connectivity index (χ4v) is 2.60. The summed E-state index contributed by atoms with van der Waals surface area (Å²) < 4.78 is 5.15. The molecule has 0 aliphatic rings. The van der Waals surface area contributed by atoms with Crippen LogP contribution >= 0.6 is 0 Å². The number of carboxylic acid groups (broad SMARTS) is 1. The molecule has 0 radical (unpaired) electrons. The van der Waals surface area contributed by atoms with E-state index >= 15 is 0 Å². The zero-order valence-corrected chi connectivity index (χ0v) is 15.6. The second-order valence-electron chi connectivity index (χ2n) is 7.25. The molecule has 1 amide bonds. The number of nitrogens with one attached hydrogen (secondary N) is 1.